The minimum absolute atomic E-state index is 0.0403. The molecule has 0 radical (unpaired) electrons. The topological polar surface area (TPSA) is 38.3 Å². The van der Waals surface area contributed by atoms with E-state index < -0.39 is 11.8 Å². The molecule has 1 aromatic rings. The van der Waals surface area contributed by atoms with E-state index in [1.807, 2.05) is 0 Å². The van der Waals surface area contributed by atoms with Crippen molar-refractivity contribution in [2.75, 3.05) is 11.9 Å². The van der Waals surface area contributed by atoms with E-state index in [9.17, 15) is 9.18 Å². The summed E-state index contributed by atoms with van der Waals surface area (Å²) in [6.45, 7) is 3.47. The molecule has 16 heavy (non-hydrogen) atoms. The Labute approximate surface area is 98.5 Å². The molecule has 3 nitrogen and oxygen atoms in total. The second-order valence-corrected chi connectivity index (χ2v) is 3.92. The van der Waals surface area contributed by atoms with Gasteiger partial charge in [0, 0.05) is 0 Å². The first-order chi connectivity index (χ1) is 7.49. The van der Waals surface area contributed by atoms with Gasteiger partial charge in [0.05, 0.1) is 16.8 Å². The van der Waals surface area contributed by atoms with Gasteiger partial charge in [-0.2, -0.15) is 0 Å². The molecular weight excluding hydrogens is 233 g/mol. The van der Waals surface area contributed by atoms with E-state index >= 15 is 0 Å². The van der Waals surface area contributed by atoms with Gasteiger partial charge in [0.25, 0.3) is 0 Å². The van der Waals surface area contributed by atoms with Crippen LogP contribution in [0, 0.1) is 5.82 Å². The predicted molar refractivity (Wildman–Crippen MR) is 61.1 cm³/mol. The van der Waals surface area contributed by atoms with Crippen molar-refractivity contribution in [3.63, 3.8) is 0 Å². The van der Waals surface area contributed by atoms with Gasteiger partial charge in [0.15, 0.2) is 0 Å². The fourth-order valence-corrected chi connectivity index (χ4v) is 1.29. The number of anilines is 1. The molecular formula is C11H13ClFNO2. The SMILES string of the molecule is CC(C)OC(=O)CNc1cc(F)ccc1Cl. The minimum atomic E-state index is -0.413. The van der Waals surface area contributed by atoms with E-state index in [-0.39, 0.29) is 12.6 Å². The lowest BCUT2D eigenvalue weighted by Crippen LogP contribution is -2.20. The maximum Gasteiger partial charge on any atom is 0.325 e. The third-order valence-corrected chi connectivity index (χ3v) is 2.05. The Bertz CT molecular complexity index is 382. The second kappa shape index (κ2) is 5.70. The van der Waals surface area contributed by atoms with Crippen molar-refractivity contribution in [1.29, 1.82) is 0 Å². The Morgan fingerprint density at radius 2 is 2.25 bits per heavy atom. The monoisotopic (exact) mass is 245 g/mol. The van der Waals surface area contributed by atoms with E-state index in [1.54, 1.807) is 13.8 Å². The van der Waals surface area contributed by atoms with Gasteiger partial charge < -0.3 is 10.1 Å². The number of esters is 1. The predicted octanol–water partition coefficient (Wildman–Crippen LogP) is 2.84. The van der Waals surface area contributed by atoms with Crippen LogP contribution in [0.25, 0.3) is 0 Å². The van der Waals surface area contributed by atoms with Crippen molar-refractivity contribution in [2.24, 2.45) is 0 Å². The van der Waals surface area contributed by atoms with Gasteiger partial charge in [-0.25, -0.2) is 4.39 Å². The van der Waals surface area contributed by atoms with Crippen molar-refractivity contribution in [3.8, 4) is 0 Å². The van der Waals surface area contributed by atoms with E-state index in [2.05, 4.69) is 5.32 Å². The summed E-state index contributed by atoms with van der Waals surface area (Å²) < 4.78 is 17.8. The molecule has 88 valence electrons. The molecule has 0 fully saturated rings. The molecule has 0 saturated carbocycles. The molecule has 1 aromatic carbocycles. The highest BCUT2D eigenvalue weighted by Crippen LogP contribution is 2.21. The van der Waals surface area contributed by atoms with Crippen LogP contribution in [-0.4, -0.2) is 18.6 Å². The second-order valence-electron chi connectivity index (χ2n) is 3.52. The average molecular weight is 246 g/mol. The quantitative estimate of drug-likeness (QED) is 0.829. The van der Waals surface area contributed by atoms with E-state index in [4.69, 9.17) is 16.3 Å². The molecule has 0 spiro atoms. The van der Waals surface area contributed by atoms with Gasteiger partial charge in [-0.1, -0.05) is 11.6 Å². The number of hydrogen-bond acceptors (Lipinski definition) is 3. The van der Waals surface area contributed by atoms with Crippen LogP contribution in [0.2, 0.25) is 5.02 Å². The number of benzene rings is 1. The van der Waals surface area contributed by atoms with Gasteiger partial charge in [0.1, 0.15) is 12.4 Å². The zero-order valence-corrected chi connectivity index (χ0v) is 9.84. The fraction of sp³-hybridized carbons (Fsp3) is 0.364. The van der Waals surface area contributed by atoms with Gasteiger partial charge in [0.2, 0.25) is 0 Å². The Morgan fingerprint density at radius 1 is 1.56 bits per heavy atom. The van der Waals surface area contributed by atoms with Crippen LogP contribution in [0.5, 0.6) is 0 Å². The maximum atomic E-state index is 12.9. The number of rotatable bonds is 4. The fourth-order valence-electron chi connectivity index (χ4n) is 1.10. The van der Waals surface area contributed by atoms with Crippen LogP contribution in [0.15, 0.2) is 18.2 Å². The van der Waals surface area contributed by atoms with Crippen molar-refractivity contribution < 1.29 is 13.9 Å². The van der Waals surface area contributed by atoms with Crippen molar-refractivity contribution in [1.82, 2.24) is 0 Å². The molecule has 0 atom stereocenters. The lowest BCUT2D eigenvalue weighted by atomic mass is 10.3. The first kappa shape index (κ1) is 12.8. The van der Waals surface area contributed by atoms with Gasteiger partial charge in [-0.05, 0) is 32.0 Å². The third-order valence-electron chi connectivity index (χ3n) is 1.72. The first-order valence-electron chi connectivity index (χ1n) is 4.87. The Balaban J connectivity index is 2.54. The zero-order chi connectivity index (χ0) is 12.1. The highest BCUT2D eigenvalue weighted by Gasteiger charge is 2.07. The van der Waals surface area contributed by atoms with E-state index in [0.717, 1.165) is 0 Å². The molecule has 0 amide bonds. The summed E-state index contributed by atoms with van der Waals surface area (Å²) in [6, 6.07) is 3.90. The number of carbonyl (C=O) groups excluding carboxylic acids is 1. The summed E-state index contributed by atoms with van der Waals surface area (Å²) in [5, 5.41) is 3.07. The lowest BCUT2D eigenvalue weighted by Gasteiger charge is -2.10. The number of hydrogen-bond donors (Lipinski definition) is 1. The minimum Gasteiger partial charge on any atom is -0.462 e. The van der Waals surface area contributed by atoms with Crippen LogP contribution >= 0.6 is 11.6 Å². The number of carbonyl (C=O) groups is 1. The molecule has 1 N–H and O–H groups in total. The average Bonchev–Trinajstić information content (AvgIpc) is 2.18. The van der Waals surface area contributed by atoms with Crippen LogP contribution < -0.4 is 5.32 Å². The molecule has 5 heteroatoms. The van der Waals surface area contributed by atoms with Crippen LogP contribution in [0.1, 0.15) is 13.8 Å². The third kappa shape index (κ3) is 4.06. The molecule has 0 heterocycles. The van der Waals surface area contributed by atoms with Crippen molar-refractivity contribution in [3.05, 3.63) is 29.0 Å². The summed E-state index contributed by atoms with van der Waals surface area (Å²) in [6.07, 6.45) is -0.169. The first-order valence-corrected chi connectivity index (χ1v) is 5.25. The standard InChI is InChI=1S/C11H13ClFNO2/c1-7(2)16-11(15)6-14-10-5-8(13)3-4-9(10)12/h3-5,7,14H,6H2,1-2H3. The number of ether oxygens (including phenoxy) is 1. The van der Waals surface area contributed by atoms with Crippen molar-refractivity contribution in [2.45, 2.75) is 20.0 Å². The molecule has 0 aliphatic heterocycles. The summed E-state index contributed by atoms with van der Waals surface area (Å²) >= 11 is 5.80. The molecule has 0 unspecified atom stereocenters. The van der Waals surface area contributed by atoms with Crippen LogP contribution in [0.4, 0.5) is 10.1 Å². The van der Waals surface area contributed by atoms with E-state index in [1.165, 1.54) is 18.2 Å². The Hall–Kier alpha value is -1.29. The molecule has 0 bridgehead atoms. The molecule has 0 saturated heterocycles. The van der Waals surface area contributed by atoms with E-state index in [0.29, 0.717) is 10.7 Å². The van der Waals surface area contributed by atoms with Crippen LogP contribution in [-0.2, 0) is 9.53 Å². The molecule has 0 aromatic heterocycles. The molecule has 1 rings (SSSR count). The van der Waals surface area contributed by atoms with Crippen molar-refractivity contribution >= 4 is 23.3 Å². The number of halogens is 2. The smallest absolute Gasteiger partial charge is 0.325 e. The molecule has 0 aliphatic rings. The number of nitrogens with one attached hydrogen (secondary N) is 1. The largest absolute Gasteiger partial charge is 0.462 e. The normalized spacial score (nSPS) is 10.3. The van der Waals surface area contributed by atoms with Gasteiger partial charge in [-0.3, -0.25) is 4.79 Å². The highest BCUT2D eigenvalue weighted by molar-refractivity contribution is 6.33. The summed E-state index contributed by atoms with van der Waals surface area (Å²) in [5.74, 6) is -0.820. The lowest BCUT2D eigenvalue weighted by molar-refractivity contribution is -0.145. The maximum absolute atomic E-state index is 12.9. The summed E-state index contributed by atoms with van der Waals surface area (Å²) in [4.78, 5) is 11.2. The summed E-state index contributed by atoms with van der Waals surface area (Å²) in [5.41, 5.74) is 0.377. The Kier molecular flexibility index (Phi) is 4.55. The zero-order valence-electron chi connectivity index (χ0n) is 9.09. The van der Waals surface area contributed by atoms with Gasteiger partial charge >= 0.3 is 5.97 Å². The van der Waals surface area contributed by atoms with Gasteiger partial charge in [-0.15, -0.1) is 0 Å². The molecule has 0 aliphatic carbocycles. The highest BCUT2D eigenvalue weighted by atomic mass is 35.5. The Morgan fingerprint density at radius 3 is 2.88 bits per heavy atom. The van der Waals surface area contributed by atoms with Crippen LogP contribution in [0.3, 0.4) is 0 Å². The summed E-state index contributed by atoms with van der Waals surface area (Å²) in [7, 11) is 0.